The molecule has 0 bridgehead atoms. The van der Waals surface area contributed by atoms with Gasteiger partial charge >= 0.3 is 6.18 Å². The number of nitrogens with zero attached hydrogens (tertiary/aromatic N) is 1. The van der Waals surface area contributed by atoms with Crippen molar-refractivity contribution in [2.24, 2.45) is 5.41 Å². The van der Waals surface area contributed by atoms with Crippen LogP contribution >= 0.6 is 0 Å². The number of nitrogens with one attached hydrogen (secondary N) is 1. The summed E-state index contributed by atoms with van der Waals surface area (Å²) in [7, 11) is 0. The monoisotopic (exact) mass is 284 g/mol. The Hall–Kier alpha value is -1.07. The lowest BCUT2D eigenvalue weighted by molar-refractivity contribution is -0.138. The second kappa shape index (κ2) is 5.04. The van der Waals surface area contributed by atoms with Crippen molar-refractivity contribution in [2.75, 3.05) is 26.2 Å². The first kappa shape index (κ1) is 13.9. The predicted octanol–water partition coefficient (Wildman–Crippen LogP) is 2.89. The van der Waals surface area contributed by atoms with Gasteiger partial charge in [-0.15, -0.1) is 0 Å². The Labute approximate surface area is 117 Å². The molecular weight excluding hydrogens is 265 g/mol. The van der Waals surface area contributed by atoms with Crippen LogP contribution in [0.25, 0.3) is 0 Å². The van der Waals surface area contributed by atoms with Gasteiger partial charge in [0.1, 0.15) is 0 Å². The minimum absolute atomic E-state index is 0.299. The summed E-state index contributed by atoms with van der Waals surface area (Å²) in [5, 5.41) is 3.37. The number of halogens is 3. The normalized spacial score (nSPS) is 27.6. The molecule has 2 aliphatic heterocycles. The van der Waals surface area contributed by atoms with Gasteiger partial charge in [0.2, 0.25) is 0 Å². The van der Waals surface area contributed by atoms with Gasteiger partial charge in [0.25, 0.3) is 0 Å². The minimum Gasteiger partial charge on any atom is -0.316 e. The van der Waals surface area contributed by atoms with E-state index in [-0.39, 0.29) is 0 Å². The maximum Gasteiger partial charge on any atom is 0.416 e. The molecule has 1 unspecified atom stereocenters. The number of hydrogen-bond acceptors (Lipinski definition) is 2. The topological polar surface area (TPSA) is 15.3 Å². The van der Waals surface area contributed by atoms with Crippen LogP contribution in [0.5, 0.6) is 0 Å². The summed E-state index contributed by atoms with van der Waals surface area (Å²) < 4.78 is 39.0. The third-order valence-corrected chi connectivity index (χ3v) is 4.57. The second-order valence-electron chi connectivity index (χ2n) is 6.04. The van der Waals surface area contributed by atoms with Crippen molar-refractivity contribution in [2.45, 2.75) is 25.6 Å². The largest absolute Gasteiger partial charge is 0.416 e. The van der Waals surface area contributed by atoms with Crippen molar-refractivity contribution < 1.29 is 13.2 Å². The molecule has 0 aromatic heterocycles. The van der Waals surface area contributed by atoms with Gasteiger partial charge in [-0.3, -0.25) is 4.90 Å². The second-order valence-corrected chi connectivity index (χ2v) is 6.04. The van der Waals surface area contributed by atoms with Gasteiger partial charge < -0.3 is 5.32 Å². The molecule has 0 saturated carbocycles. The summed E-state index contributed by atoms with van der Waals surface area (Å²) in [4.78, 5) is 2.16. The number of hydrogen-bond donors (Lipinski definition) is 1. The van der Waals surface area contributed by atoms with Gasteiger partial charge in [-0.25, -0.2) is 0 Å². The lowest BCUT2D eigenvalue weighted by Gasteiger charge is -2.23. The lowest BCUT2D eigenvalue weighted by Crippen LogP contribution is -2.29. The smallest absolute Gasteiger partial charge is 0.316 e. The summed E-state index contributed by atoms with van der Waals surface area (Å²) in [5.41, 5.74) is 0.196. The molecule has 5 heteroatoms. The fourth-order valence-electron chi connectivity index (χ4n) is 3.48. The molecule has 1 aromatic carbocycles. The molecule has 2 saturated heterocycles. The van der Waals surface area contributed by atoms with Crippen LogP contribution in [0.2, 0.25) is 0 Å². The first-order chi connectivity index (χ1) is 9.49. The van der Waals surface area contributed by atoms with E-state index >= 15 is 0 Å². The Morgan fingerprint density at radius 1 is 1.20 bits per heavy atom. The predicted molar refractivity (Wildman–Crippen MR) is 71.3 cm³/mol. The van der Waals surface area contributed by atoms with Crippen LogP contribution in [-0.2, 0) is 12.7 Å². The average Bonchev–Trinajstić information content (AvgIpc) is 3.00. The molecular formula is C15H19F3N2. The molecule has 0 amide bonds. The summed E-state index contributed by atoms with van der Waals surface area (Å²) in [6.45, 7) is 4.24. The van der Waals surface area contributed by atoms with E-state index in [0.717, 1.165) is 39.0 Å². The molecule has 110 valence electrons. The number of alkyl halides is 3. The fourth-order valence-corrected chi connectivity index (χ4v) is 3.48. The molecule has 3 rings (SSSR count). The first-order valence-corrected chi connectivity index (χ1v) is 7.07. The van der Waals surface area contributed by atoms with E-state index < -0.39 is 11.7 Å². The van der Waals surface area contributed by atoms with Crippen molar-refractivity contribution in [3.63, 3.8) is 0 Å². The molecule has 2 aliphatic rings. The van der Waals surface area contributed by atoms with E-state index in [2.05, 4.69) is 10.2 Å². The van der Waals surface area contributed by atoms with E-state index in [1.807, 2.05) is 0 Å². The Morgan fingerprint density at radius 3 is 2.70 bits per heavy atom. The summed E-state index contributed by atoms with van der Waals surface area (Å²) in [5.74, 6) is 0. The zero-order valence-electron chi connectivity index (χ0n) is 11.3. The van der Waals surface area contributed by atoms with Gasteiger partial charge in [0.05, 0.1) is 5.56 Å². The van der Waals surface area contributed by atoms with E-state index in [4.69, 9.17) is 0 Å². The first-order valence-electron chi connectivity index (χ1n) is 7.07. The van der Waals surface area contributed by atoms with Crippen LogP contribution < -0.4 is 5.32 Å². The fraction of sp³-hybridized carbons (Fsp3) is 0.600. The SMILES string of the molecule is FC(F)(F)c1ccccc1CN1CCC2(CCNC2)C1. The van der Waals surface area contributed by atoms with Crippen LogP contribution in [0.15, 0.2) is 24.3 Å². The quantitative estimate of drug-likeness (QED) is 0.898. The summed E-state index contributed by atoms with van der Waals surface area (Å²) in [6, 6.07) is 5.92. The van der Waals surface area contributed by atoms with Gasteiger partial charge in [-0.05, 0) is 43.0 Å². The number of benzene rings is 1. The third kappa shape index (κ3) is 2.69. The minimum atomic E-state index is -4.26. The molecule has 0 radical (unpaired) electrons. The Balaban J connectivity index is 1.73. The number of likely N-dealkylation sites (tertiary alicyclic amines) is 1. The maximum absolute atomic E-state index is 13.0. The highest BCUT2D eigenvalue weighted by atomic mass is 19.4. The van der Waals surface area contributed by atoms with Crippen LogP contribution in [0.4, 0.5) is 13.2 Å². The van der Waals surface area contributed by atoms with Gasteiger partial charge in [-0.1, -0.05) is 18.2 Å². The summed E-state index contributed by atoms with van der Waals surface area (Å²) >= 11 is 0. The van der Waals surface area contributed by atoms with Crippen molar-refractivity contribution in [1.82, 2.24) is 10.2 Å². The van der Waals surface area contributed by atoms with Gasteiger partial charge in [0, 0.05) is 19.6 Å². The molecule has 1 aromatic rings. The van der Waals surface area contributed by atoms with Crippen molar-refractivity contribution in [3.8, 4) is 0 Å². The van der Waals surface area contributed by atoms with Crippen LogP contribution in [0, 0.1) is 5.41 Å². The highest BCUT2D eigenvalue weighted by Gasteiger charge is 2.41. The van der Waals surface area contributed by atoms with Crippen LogP contribution in [0.3, 0.4) is 0 Å². The molecule has 2 fully saturated rings. The molecule has 1 N–H and O–H groups in total. The summed E-state index contributed by atoms with van der Waals surface area (Å²) in [6.07, 6.45) is -2.03. The molecule has 1 spiro atoms. The zero-order valence-corrected chi connectivity index (χ0v) is 11.3. The van der Waals surface area contributed by atoms with E-state index in [9.17, 15) is 13.2 Å². The Morgan fingerprint density at radius 2 is 2.00 bits per heavy atom. The van der Waals surface area contributed by atoms with Crippen LogP contribution in [-0.4, -0.2) is 31.1 Å². The standard InChI is InChI=1S/C15H19F3N2/c16-15(17,18)13-4-2-1-3-12(13)9-20-8-6-14(11-20)5-7-19-10-14/h1-4,19H,5-11H2. The maximum atomic E-state index is 13.0. The van der Waals surface area contributed by atoms with Gasteiger partial charge in [-0.2, -0.15) is 13.2 Å². The molecule has 2 heterocycles. The van der Waals surface area contributed by atoms with E-state index in [0.29, 0.717) is 17.5 Å². The van der Waals surface area contributed by atoms with E-state index in [1.54, 1.807) is 12.1 Å². The van der Waals surface area contributed by atoms with Crippen molar-refractivity contribution >= 4 is 0 Å². The molecule has 20 heavy (non-hydrogen) atoms. The number of rotatable bonds is 2. The average molecular weight is 284 g/mol. The lowest BCUT2D eigenvalue weighted by atomic mass is 9.86. The third-order valence-electron chi connectivity index (χ3n) is 4.57. The molecule has 2 nitrogen and oxygen atoms in total. The van der Waals surface area contributed by atoms with Crippen molar-refractivity contribution in [3.05, 3.63) is 35.4 Å². The van der Waals surface area contributed by atoms with Crippen molar-refractivity contribution in [1.29, 1.82) is 0 Å². The highest BCUT2D eigenvalue weighted by Crippen LogP contribution is 2.38. The van der Waals surface area contributed by atoms with Gasteiger partial charge in [0.15, 0.2) is 0 Å². The van der Waals surface area contributed by atoms with Crippen LogP contribution in [0.1, 0.15) is 24.0 Å². The highest BCUT2D eigenvalue weighted by molar-refractivity contribution is 5.29. The molecule has 0 aliphatic carbocycles. The Kier molecular flexibility index (Phi) is 3.50. The Bertz CT molecular complexity index is 478. The molecule has 1 atom stereocenters. The zero-order chi connectivity index (χ0) is 14.2. The van der Waals surface area contributed by atoms with E-state index in [1.165, 1.54) is 12.1 Å².